The number of rotatable bonds is 8. The number of halogens is 1. The molecular formula is C18H24ClNO2. The molecule has 2 N–H and O–H groups in total. The highest BCUT2D eigenvalue weighted by Crippen LogP contribution is 2.12. The van der Waals surface area contributed by atoms with Crippen LogP contribution in [0.15, 0.2) is 54.6 Å². The van der Waals surface area contributed by atoms with Crippen LogP contribution in [0.4, 0.5) is 0 Å². The fourth-order valence-corrected chi connectivity index (χ4v) is 2.10. The fourth-order valence-electron chi connectivity index (χ4n) is 2.10. The van der Waals surface area contributed by atoms with Crippen LogP contribution in [-0.2, 0) is 6.42 Å². The summed E-state index contributed by atoms with van der Waals surface area (Å²) in [6.45, 7) is 3.72. The highest BCUT2D eigenvalue weighted by molar-refractivity contribution is 5.85. The first-order valence-corrected chi connectivity index (χ1v) is 7.36. The fraction of sp³-hybridized carbons (Fsp3) is 0.333. The maximum Gasteiger partial charge on any atom is 0.119 e. The Morgan fingerprint density at radius 3 is 2.59 bits per heavy atom. The lowest BCUT2D eigenvalue weighted by Crippen LogP contribution is -2.32. The molecule has 2 rings (SSSR count). The average Bonchev–Trinajstić information content (AvgIpc) is 2.51. The third-order valence-electron chi connectivity index (χ3n) is 3.25. The van der Waals surface area contributed by atoms with Crippen molar-refractivity contribution in [3.8, 4) is 5.75 Å². The number of benzene rings is 2. The SMILES string of the molecule is Cc1cccc(OCC(O)CNCCc2ccccc2)c1.Cl. The van der Waals surface area contributed by atoms with Crippen molar-refractivity contribution in [1.82, 2.24) is 5.32 Å². The number of hydrogen-bond acceptors (Lipinski definition) is 3. The predicted molar refractivity (Wildman–Crippen MR) is 92.9 cm³/mol. The van der Waals surface area contributed by atoms with E-state index in [1.165, 1.54) is 5.56 Å². The molecule has 0 heterocycles. The molecule has 4 heteroatoms. The van der Waals surface area contributed by atoms with E-state index >= 15 is 0 Å². The van der Waals surface area contributed by atoms with Gasteiger partial charge in [0.1, 0.15) is 18.5 Å². The second-order valence-electron chi connectivity index (χ2n) is 5.22. The van der Waals surface area contributed by atoms with Crippen LogP contribution in [0, 0.1) is 6.92 Å². The Bertz CT molecular complexity index is 534. The molecule has 0 fully saturated rings. The minimum atomic E-state index is -0.499. The Kier molecular flexibility index (Phi) is 8.60. The van der Waals surface area contributed by atoms with Gasteiger partial charge in [-0.1, -0.05) is 42.5 Å². The highest BCUT2D eigenvalue weighted by Gasteiger charge is 2.05. The van der Waals surface area contributed by atoms with E-state index in [1.807, 2.05) is 49.4 Å². The quantitative estimate of drug-likeness (QED) is 0.734. The first kappa shape index (κ1) is 18.5. The van der Waals surface area contributed by atoms with Crippen molar-refractivity contribution in [2.24, 2.45) is 0 Å². The summed E-state index contributed by atoms with van der Waals surface area (Å²) in [4.78, 5) is 0. The van der Waals surface area contributed by atoms with Crippen molar-refractivity contribution >= 4 is 12.4 Å². The summed E-state index contributed by atoms with van der Waals surface area (Å²) in [5.41, 5.74) is 2.46. The summed E-state index contributed by atoms with van der Waals surface area (Å²) in [6, 6.07) is 18.2. The molecular weight excluding hydrogens is 298 g/mol. The van der Waals surface area contributed by atoms with E-state index in [2.05, 4.69) is 17.4 Å². The summed E-state index contributed by atoms with van der Waals surface area (Å²) < 4.78 is 5.57. The molecule has 0 saturated carbocycles. The van der Waals surface area contributed by atoms with Crippen LogP contribution in [-0.4, -0.2) is 30.9 Å². The largest absolute Gasteiger partial charge is 0.491 e. The second kappa shape index (κ2) is 10.2. The number of ether oxygens (including phenoxy) is 1. The van der Waals surface area contributed by atoms with Crippen molar-refractivity contribution < 1.29 is 9.84 Å². The normalized spacial score (nSPS) is 11.5. The summed E-state index contributed by atoms with van der Waals surface area (Å²) in [6.07, 6.45) is 0.466. The van der Waals surface area contributed by atoms with Gasteiger partial charge in [-0.15, -0.1) is 12.4 Å². The van der Waals surface area contributed by atoms with E-state index < -0.39 is 6.10 Å². The number of aliphatic hydroxyl groups excluding tert-OH is 1. The molecule has 120 valence electrons. The van der Waals surface area contributed by atoms with Gasteiger partial charge in [-0.3, -0.25) is 0 Å². The monoisotopic (exact) mass is 321 g/mol. The predicted octanol–water partition coefficient (Wildman–Crippen LogP) is 2.99. The van der Waals surface area contributed by atoms with E-state index in [0.29, 0.717) is 13.2 Å². The van der Waals surface area contributed by atoms with E-state index in [0.717, 1.165) is 24.3 Å². The van der Waals surface area contributed by atoms with Crippen LogP contribution >= 0.6 is 12.4 Å². The zero-order valence-corrected chi connectivity index (χ0v) is 13.7. The van der Waals surface area contributed by atoms with Gasteiger partial charge in [0, 0.05) is 6.54 Å². The summed E-state index contributed by atoms with van der Waals surface area (Å²) in [5, 5.41) is 13.1. The molecule has 0 bridgehead atoms. The van der Waals surface area contributed by atoms with E-state index in [1.54, 1.807) is 0 Å². The molecule has 0 spiro atoms. The van der Waals surface area contributed by atoms with Gasteiger partial charge >= 0.3 is 0 Å². The highest BCUT2D eigenvalue weighted by atomic mass is 35.5. The number of nitrogens with one attached hydrogen (secondary N) is 1. The number of hydrogen-bond donors (Lipinski definition) is 2. The van der Waals surface area contributed by atoms with Gasteiger partial charge in [-0.2, -0.15) is 0 Å². The molecule has 0 amide bonds. The van der Waals surface area contributed by atoms with Crippen molar-refractivity contribution in [3.05, 3.63) is 65.7 Å². The van der Waals surface area contributed by atoms with Gasteiger partial charge in [0.2, 0.25) is 0 Å². The number of aliphatic hydroxyl groups is 1. The molecule has 0 aliphatic heterocycles. The second-order valence-corrected chi connectivity index (χ2v) is 5.22. The molecule has 0 radical (unpaired) electrons. The van der Waals surface area contributed by atoms with E-state index in [9.17, 15) is 5.11 Å². The Morgan fingerprint density at radius 1 is 1.09 bits per heavy atom. The zero-order valence-electron chi connectivity index (χ0n) is 12.9. The summed E-state index contributed by atoms with van der Waals surface area (Å²) >= 11 is 0. The van der Waals surface area contributed by atoms with Gasteiger partial charge in [0.25, 0.3) is 0 Å². The molecule has 0 aliphatic carbocycles. The van der Waals surface area contributed by atoms with Crippen LogP contribution in [0.3, 0.4) is 0 Å². The van der Waals surface area contributed by atoms with Crippen molar-refractivity contribution in [2.75, 3.05) is 19.7 Å². The standard InChI is InChI=1S/C18H23NO2.ClH/c1-15-6-5-9-18(12-15)21-14-17(20)13-19-11-10-16-7-3-2-4-8-16;/h2-9,12,17,19-20H,10-11,13-14H2,1H3;1H. The summed E-state index contributed by atoms with van der Waals surface area (Å²) in [7, 11) is 0. The van der Waals surface area contributed by atoms with Crippen LogP contribution in [0.5, 0.6) is 5.75 Å². The molecule has 2 aromatic carbocycles. The first-order chi connectivity index (χ1) is 10.2. The molecule has 0 aromatic heterocycles. The first-order valence-electron chi connectivity index (χ1n) is 7.36. The van der Waals surface area contributed by atoms with Crippen LogP contribution < -0.4 is 10.1 Å². The van der Waals surface area contributed by atoms with Crippen molar-refractivity contribution in [1.29, 1.82) is 0 Å². The third-order valence-corrected chi connectivity index (χ3v) is 3.25. The van der Waals surface area contributed by atoms with Crippen LogP contribution in [0.2, 0.25) is 0 Å². The lowest BCUT2D eigenvalue weighted by molar-refractivity contribution is 0.106. The topological polar surface area (TPSA) is 41.5 Å². The molecule has 0 saturated heterocycles. The molecule has 1 atom stereocenters. The van der Waals surface area contributed by atoms with Gasteiger partial charge < -0.3 is 15.2 Å². The summed E-state index contributed by atoms with van der Waals surface area (Å²) in [5.74, 6) is 0.804. The Balaban J connectivity index is 0.00000242. The lowest BCUT2D eigenvalue weighted by Gasteiger charge is -2.13. The smallest absolute Gasteiger partial charge is 0.119 e. The van der Waals surface area contributed by atoms with Gasteiger partial charge in [0.15, 0.2) is 0 Å². The minimum Gasteiger partial charge on any atom is -0.491 e. The molecule has 3 nitrogen and oxygen atoms in total. The molecule has 0 aliphatic rings. The maximum atomic E-state index is 9.89. The lowest BCUT2D eigenvalue weighted by atomic mass is 10.1. The van der Waals surface area contributed by atoms with E-state index in [4.69, 9.17) is 4.74 Å². The molecule has 1 unspecified atom stereocenters. The van der Waals surface area contributed by atoms with Crippen molar-refractivity contribution in [2.45, 2.75) is 19.4 Å². The van der Waals surface area contributed by atoms with Gasteiger partial charge in [-0.25, -0.2) is 0 Å². The maximum absolute atomic E-state index is 9.89. The Morgan fingerprint density at radius 2 is 1.86 bits per heavy atom. The van der Waals surface area contributed by atoms with Crippen LogP contribution in [0.25, 0.3) is 0 Å². The van der Waals surface area contributed by atoms with Gasteiger partial charge in [-0.05, 0) is 43.1 Å². The average molecular weight is 322 g/mol. The zero-order chi connectivity index (χ0) is 14.9. The van der Waals surface area contributed by atoms with Crippen LogP contribution in [0.1, 0.15) is 11.1 Å². The van der Waals surface area contributed by atoms with E-state index in [-0.39, 0.29) is 12.4 Å². The minimum absolute atomic E-state index is 0. The number of aryl methyl sites for hydroxylation is 1. The molecule has 2 aromatic rings. The van der Waals surface area contributed by atoms with Crippen molar-refractivity contribution in [3.63, 3.8) is 0 Å². The Hall–Kier alpha value is -1.55. The third kappa shape index (κ3) is 6.94. The Labute approximate surface area is 138 Å². The van der Waals surface area contributed by atoms with Gasteiger partial charge in [0.05, 0.1) is 0 Å². The molecule has 22 heavy (non-hydrogen) atoms.